The largest absolute Gasteiger partial charge is 2.00 e. The van der Waals surface area contributed by atoms with E-state index >= 15 is 0 Å². The van der Waals surface area contributed by atoms with Gasteiger partial charge in [-0.2, -0.15) is 0 Å². The first-order valence-electron chi connectivity index (χ1n) is 1.13. The van der Waals surface area contributed by atoms with Gasteiger partial charge in [-0.1, -0.05) is 0 Å². The van der Waals surface area contributed by atoms with Crippen LogP contribution in [0.3, 0.4) is 0 Å². The van der Waals surface area contributed by atoms with Gasteiger partial charge in [-0.05, 0) is 0 Å². The van der Waals surface area contributed by atoms with Crippen molar-refractivity contribution in [2.45, 2.75) is 0 Å². The van der Waals surface area contributed by atoms with Gasteiger partial charge < -0.3 is 16.1 Å². The third-order valence-electron chi connectivity index (χ3n) is 0. The van der Waals surface area contributed by atoms with E-state index in [0.717, 1.165) is 0 Å². The molecule has 0 aliphatic heterocycles. The van der Waals surface area contributed by atoms with Crippen molar-refractivity contribution in [1.82, 2.24) is 0 Å². The van der Waals surface area contributed by atoms with Crippen LogP contribution in [-0.4, -0.2) is 104 Å². The summed E-state index contributed by atoms with van der Waals surface area (Å²) >= 11 is 0. The SMILES string of the molecule is O=[N+]([O-])O.O=[N+]([O-])O.[Ca+2].[H-].[H-].[H-].[H-].[Sr+2]. The smallest absolute Gasteiger partial charge is 1.00 e. The molecule has 2 N–H and O–H groups in total. The molecule has 8 nitrogen and oxygen atoms in total. The topological polar surface area (TPSA) is 127 Å². The third kappa shape index (κ3) is 466. The molecular formula is H6CaN2O6Sr. The molecule has 0 aliphatic carbocycles. The zero-order valence-electron chi connectivity index (χ0n) is 8.84. The van der Waals surface area contributed by atoms with Crippen LogP contribution in [0.2, 0.25) is 0 Å². The Morgan fingerprint density at radius 3 is 1.10 bits per heavy atom. The van der Waals surface area contributed by atoms with Crippen molar-refractivity contribution in [3.05, 3.63) is 20.2 Å². The van der Waals surface area contributed by atoms with Gasteiger partial charge >= 0.3 is 83.2 Å². The predicted molar refractivity (Wildman–Crippen MR) is 33.5 cm³/mol. The van der Waals surface area contributed by atoms with E-state index in [2.05, 4.69) is 0 Å². The molecule has 10 heteroatoms. The second-order valence-electron chi connectivity index (χ2n) is 0.476. The normalized spacial score (nSPS) is 4.80. The average molecular weight is 258 g/mol. The Labute approximate surface area is 128 Å². The maximum atomic E-state index is 8.36. The molecule has 0 unspecified atom stereocenters. The van der Waals surface area contributed by atoms with E-state index < -0.39 is 10.2 Å². The van der Waals surface area contributed by atoms with Crippen molar-refractivity contribution in [3.8, 4) is 0 Å². The molecule has 0 rings (SSSR count). The van der Waals surface area contributed by atoms with Gasteiger partial charge in [-0.3, -0.25) is 0 Å². The Hall–Kier alpha value is 1.14. The summed E-state index contributed by atoms with van der Waals surface area (Å²) < 4.78 is 0. The second kappa shape index (κ2) is 16.6. The summed E-state index contributed by atoms with van der Waals surface area (Å²) in [6, 6.07) is 0. The van der Waals surface area contributed by atoms with Gasteiger partial charge in [0.15, 0.2) is 0 Å². The van der Waals surface area contributed by atoms with Crippen LogP contribution in [0.4, 0.5) is 0 Å². The Morgan fingerprint density at radius 2 is 1.10 bits per heavy atom. The summed E-state index contributed by atoms with van der Waals surface area (Å²) in [4.78, 5) is 16.7. The maximum absolute atomic E-state index is 8.36. The fourth-order valence-corrected chi connectivity index (χ4v) is 0. The van der Waals surface area contributed by atoms with E-state index in [0.29, 0.717) is 0 Å². The van der Waals surface area contributed by atoms with Gasteiger partial charge in [0.25, 0.3) is 10.2 Å². The van der Waals surface area contributed by atoms with Crippen LogP contribution in [0.5, 0.6) is 0 Å². The maximum Gasteiger partial charge on any atom is 2.00 e. The molecule has 0 saturated carbocycles. The van der Waals surface area contributed by atoms with Crippen LogP contribution in [0.15, 0.2) is 0 Å². The standard InChI is InChI=1S/Ca.2HNO3.Sr.4H/c;2*2-1(3)4;;;;;/h;2*(H,2,3,4);;;;;/q+2;;;+2;4*-1. The van der Waals surface area contributed by atoms with E-state index in [9.17, 15) is 0 Å². The van der Waals surface area contributed by atoms with Crippen molar-refractivity contribution < 1.29 is 26.3 Å². The zero-order chi connectivity index (χ0) is 7.15. The molecule has 10 heavy (non-hydrogen) atoms. The molecule has 0 radical (unpaired) electrons. The Balaban J connectivity index is -0.00000000600. The van der Waals surface area contributed by atoms with Crippen LogP contribution in [0, 0.1) is 20.2 Å². The van der Waals surface area contributed by atoms with Crippen molar-refractivity contribution in [2.24, 2.45) is 0 Å². The number of rotatable bonds is 0. The molecule has 0 aromatic carbocycles. The molecule has 0 bridgehead atoms. The van der Waals surface area contributed by atoms with Crippen molar-refractivity contribution >= 4 is 83.2 Å². The summed E-state index contributed by atoms with van der Waals surface area (Å²) in [5.41, 5.74) is 0. The van der Waals surface area contributed by atoms with Crippen LogP contribution < -0.4 is 0 Å². The Bertz CT molecular complexity index is 85.8. The Kier molecular flexibility index (Phi) is 37.3. The minimum Gasteiger partial charge on any atom is -1.00 e. The quantitative estimate of drug-likeness (QED) is 0.325. The zero-order valence-corrected chi connectivity index (χ0v) is 10.5. The molecule has 0 saturated heterocycles. The summed E-state index contributed by atoms with van der Waals surface area (Å²) in [5, 5.41) is 27.3. The fourth-order valence-electron chi connectivity index (χ4n) is 0. The monoisotopic (exact) mass is 258 g/mol. The van der Waals surface area contributed by atoms with Crippen molar-refractivity contribution in [1.29, 1.82) is 0 Å². The second-order valence-corrected chi connectivity index (χ2v) is 0.476. The van der Waals surface area contributed by atoms with Gasteiger partial charge in [0.05, 0.1) is 0 Å². The first-order valence-corrected chi connectivity index (χ1v) is 1.13. The first kappa shape index (κ1) is 22.5. The predicted octanol–water partition coefficient (Wildman–Crippen LogP) is -1.01. The number of nitrogens with zero attached hydrogens (tertiary/aromatic N) is 2. The van der Waals surface area contributed by atoms with Crippen LogP contribution in [-0.2, 0) is 0 Å². The molecule has 0 heterocycles. The van der Waals surface area contributed by atoms with Gasteiger partial charge in [-0.25, -0.2) is 0 Å². The molecule has 0 aromatic heterocycles. The fraction of sp³-hybridized carbons (Fsp3) is 0. The third-order valence-corrected chi connectivity index (χ3v) is 0. The number of hydrogen-bond acceptors (Lipinski definition) is 4. The van der Waals surface area contributed by atoms with Crippen LogP contribution in [0.25, 0.3) is 0 Å². The van der Waals surface area contributed by atoms with Crippen molar-refractivity contribution in [2.75, 3.05) is 0 Å². The minimum atomic E-state index is -1.50. The molecule has 0 aliphatic rings. The summed E-state index contributed by atoms with van der Waals surface area (Å²) in [5.74, 6) is 0. The average Bonchev–Trinajstić information content (AvgIpc) is 1.25. The molecule has 0 amide bonds. The van der Waals surface area contributed by atoms with E-state index in [-0.39, 0.29) is 88.9 Å². The van der Waals surface area contributed by atoms with Gasteiger partial charge in [0.2, 0.25) is 0 Å². The summed E-state index contributed by atoms with van der Waals surface area (Å²) in [6.45, 7) is 0. The summed E-state index contributed by atoms with van der Waals surface area (Å²) in [7, 11) is 0. The van der Waals surface area contributed by atoms with Gasteiger partial charge in [-0.15, -0.1) is 20.2 Å². The summed E-state index contributed by atoms with van der Waals surface area (Å²) in [6.07, 6.45) is 0. The first-order chi connectivity index (χ1) is 3.46. The van der Waals surface area contributed by atoms with E-state index in [4.69, 9.17) is 30.6 Å². The molecular weight excluding hydrogens is 252 g/mol. The van der Waals surface area contributed by atoms with Gasteiger partial charge in [0, 0.05) is 0 Å². The molecule has 0 spiro atoms. The molecule has 0 aromatic rings. The van der Waals surface area contributed by atoms with Crippen molar-refractivity contribution in [3.63, 3.8) is 0 Å². The minimum absolute atomic E-state index is 0. The number of hydrogen-bond donors (Lipinski definition) is 2. The van der Waals surface area contributed by atoms with Gasteiger partial charge in [0.1, 0.15) is 0 Å². The van der Waals surface area contributed by atoms with Crippen LogP contribution >= 0.6 is 0 Å². The van der Waals surface area contributed by atoms with E-state index in [1.165, 1.54) is 0 Å². The molecule has 0 fully saturated rings. The van der Waals surface area contributed by atoms with Crippen LogP contribution in [0.1, 0.15) is 5.71 Å². The van der Waals surface area contributed by atoms with E-state index in [1.807, 2.05) is 0 Å². The Morgan fingerprint density at radius 1 is 1.10 bits per heavy atom. The molecule has 0 atom stereocenters. The molecule has 56 valence electrons. The van der Waals surface area contributed by atoms with E-state index in [1.54, 1.807) is 0 Å².